The van der Waals surface area contributed by atoms with Crippen LogP contribution >= 0.6 is 15.9 Å². The minimum Gasteiger partial charge on any atom is -0.483 e. The van der Waals surface area contributed by atoms with Gasteiger partial charge in [0.2, 0.25) is 0 Å². The van der Waals surface area contributed by atoms with Crippen molar-refractivity contribution in [3.63, 3.8) is 0 Å². The second kappa shape index (κ2) is 9.84. The molecule has 0 radical (unpaired) electrons. The smallest absolute Gasteiger partial charge is 0.262 e. The van der Waals surface area contributed by atoms with Gasteiger partial charge in [-0.05, 0) is 42.8 Å². The predicted molar refractivity (Wildman–Crippen MR) is 102 cm³/mol. The average Bonchev–Trinajstić information content (AvgIpc) is 2.62. The standard InChI is InChI=1S/C19H21BrN2O3/c1-2-3-12-21-19(24)16-6-4-5-7-17(16)25-13-18(23)22-15-10-8-14(20)9-11-15/h4-11H,2-3,12-13H2,1H3,(H,21,24)(H,22,23). The predicted octanol–water partition coefficient (Wildman–Crippen LogP) is 4.00. The number of para-hydroxylation sites is 1. The molecule has 0 heterocycles. The Labute approximate surface area is 155 Å². The Hall–Kier alpha value is -2.34. The molecule has 132 valence electrons. The molecule has 0 aliphatic heterocycles. The largest absolute Gasteiger partial charge is 0.483 e. The highest BCUT2D eigenvalue weighted by Gasteiger charge is 2.13. The summed E-state index contributed by atoms with van der Waals surface area (Å²) in [6, 6.07) is 14.2. The van der Waals surface area contributed by atoms with Crippen LogP contribution in [0.25, 0.3) is 0 Å². The zero-order chi connectivity index (χ0) is 18.1. The van der Waals surface area contributed by atoms with Gasteiger partial charge in [-0.2, -0.15) is 0 Å². The van der Waals surface area contributed by atoms with Gasteiger partial charge in [0.1, 0.15) is 5.75 Å². The average molecular weight is 405 g/mol. The molecule has 0 aromatic heterocycles. The molecule has 2 aromatic rings. The van der Waals surface area contributed by atoms with E-state index < -0.39 is 0 Å². The lowest BCUT2D eigenvalue weighted by atomic mass is 10.2. The molecule has 0 unspecified atom stereocenters. The number of amides is 2. The quantitative estimate of drug-likeness (QED) is 0.653. The van der Waals surface area contributed by atoms with E-state index in [1.54, 1.807) is 36.4 Å². The normalized spacial score (nSPS) is 10.2. The molecular formula is C19H21BrN2O3. The van der Waals surface area contributed by atoms with Crippen LogP contribution < -0.4 is 15.4 Å². The van der Waals surface area contributed by atoms with Gasteiger partial charge in [-0.25, -0.2) is 0 Å². The number of hydrogen-bond acceptors (Lipinski definition) is 3. The lowest BCUT2D eigenvalue weighted by Gasteiger charge is -2.12. The first kappa shape index (κ1) is 19.0. The topological polar surface area (TPSA) is 67.4 Å². The first-order valence-electron chi connectivity index (χ1n) is 8.15. The van der Waals surface area contributed by atoms with Crippen LogP contribution in [0, 0.1) is 0 Å². The summed E-state index contributed by atoms with van der Waals surface area (Å²) in [7, 11) is 0. The van der Waals surface area contributed by atoms with E-state index in [1.165, 1.54) is 0 Å². The zero-order valence-corrected chi connectivity index (χ0v) is 15.6. The fourth-order valence-corrected chi connectivity index (χ4v) is 2.39. The molecule has 5 nitrogen and oxygen atoms in total. The van der Waals surface area contributed by atoms with E-state index in [9.17, 15) is 9.59 Å². The Bertz CT molecular complexity index is 717. The second-order valence-electron chi connectivity index (χ2n) is 5.45. The van der Waals surface area contributed by atoms with Crippen molar-refractivity contribution in [2.75, 3.05) is 18.5 Å². The molecule has 0 aliphatic carbocycles. The van der Waals surface area contributed by atoms with E-state index in [2.05, 4.69) is 33.5 Å². The molecule has 0 saturated carbocycles. The Balaban J connectivity index is 1.92. The van der Waals surface area contributed by atoms with Crippen LogP contribution in [0.2, 0.25) is 0 Å². The van der Waals surface area contributed by atoms with Crippen LogP contribution in [0.4, 0.5) is 5.69 Å². The molecule has 2 amide bonds. The van der Waals surface area contributed by atoms with Crippen molar-refractivity contribution < 1.29 is 14.3 Å². The van der Waals surface area contributed by atoms with E-state index in [-0.39, 0.29) is 18.4 Å². The van der Waals surface area contributed by atoms with Crippen molar-refractivity contribution in [1.82, 2.24) is 5.32 Å². The molecule has 0 fully saturated rings. The maximum absolute atomic E-state index is 12.2. The van der Waals surface area contributed by atoms with E-state index in [0.29, 0.717) is 23.5 Å². The molecule has 2 N–H and O–H groups in total. The third-order valence-electron chi connectivity index (χ3n) is 3.43. The first-order chi connectivity index (χ1) is 12.1. The summed E-state index contributed by atoms with van der Waals surface area (Å²) in [5.41, 5.74) is 1.11. The monoisotopic (exact) mass is 404 g/mol. The number of benzene rings is 2. The van der Waals surface area contributed by atoms with Gasteiger partial charge in [-0.3, -0.25) is 9.59 Å². The highest BCUT2D eigenvalue weighted by Crippen LogP contribution is 2.18. The minimum absolute atomic E-state index is 0.171. The summed E-state index contributed by atoms with van der Waals surface area (Å²) in [4.78, 5) is 24.2. The Morgan fingerprint density at radius 2 is 1.80 bits per heavy atom. The van der Waals surface area contributed by atoms with Gasteiger partial charge in [0.15, 0.2) is 6.61 Å². The van der Waals surface area contributed by atoms with Crippen LogP contribution in [0.5, 0.6) is 5.75 Å². The van der Waals surface area contributed by atoms with Crippen molar-refractivity contribution in [1.29, 1.82) is 0 Å². The van der Waals surface area contributed by atoms with Crippen LogP contribution in [0.3, 0.4) is 0 Å². The Morgan fingerprint density at radius 1 is 1.08 bits per heavy atom. The second-order valence-corrected chi connectivity index (χ2v) is 6.37. The lowest BCUT2D eigenvalue weighted by Crippen LogP contribution is -2.26. The van der Waals surface area contributed by atoms with Gasteiger partial charge in [0, 0.05) is 16.7 Å². The first-order valence-corrected chi connectivity index (χ1v) is 8.95. The Kier molecular flexibility index (Phi) is 7.47. The number of carbonyl (C=O) groups is 2. The third kappa shape index (κ3) is 6.23. The SMILES string of the molecule is CCCCNC(=O)c1ccccc1OCC(=O)Nc1ccc(Br)cc1. The zero-order valence-electron chi connectivity index (χ0n) is 14.0. The van der Waals surface area contributed by atoms with Crippen molar-refractivity contribution in [3.05, 3.63) is 58.6 Å². The van der Waals surface area contributed by atoms with Gasteiger partial charge >= 0.3 is 0 Å². The maximum Gasteiger partial charge on any atom is 0.262 e. The van der Waals surface area contributed by atoms with Crippen molar-refractivity contribution >= 4 is 33.4 Å². The molecule has 0 aliphatic rings. The van der Waals surface area contributed by atoms with E-state index in [4.69, 9.17) is 4.74 Å². The van der Waals surface area contributed by atoms with Crippen LogP contribution in [0.1, 0.15) is 30.1 Å². The summed E-state index contributed by atoms with van der Waals surface area (Å²) in [5, 5.41) is 5.59. The number of ether oxygens (including phenoxy) is 1. The summed E-state index contributed by atoms with van der Waals surface area (Å²) in [5.74, 6) is -0.0941. The number of rotatable bonds is 8. The maximum atomic E-state index is 12.2. The minimum atomic E-state index is -0.288. The fraction of sp³-hybridized carbons (Fsp3) is 0.263. The highest BCUT2D eigenvalue weighted by molar-refractivity contribution is 9.10. The fourth-order valence-electron chi connectivity index (χ4n) is 2.13. The molecule has 6 heteroatoms. The molecule has 0 atom stereocenters. The van der Waals surface area contributed by atoms with E-state index >= 15 is 0 Å². The number of anilines is 1. The van der Waals surface area contributed by atoms with Gasteiger partial charge in [0.05, 0.1) is 5.56 Å². The summed E-state index contributed by atoms with van der Waals surface area (Å²) < 4.78 is 6.48. The van der Waals surface area contributed by atoms with Gasteiger partial charge < -0.3 is 15.4 Å². The van der Waals surface area contributed by atoms with Crippen LogP contribution in [-0.2, 0) is 4.79 Å². The number of hydrogen-bond donors (Lipinski definition) is 2. The highest BCUT2D eigenvalue weighted by atomic mass is 79.9. The molecule has 25 heavy (non-hydrogen) atoms. The number of carbonyl (C=O) groups excluding carboxylic acids is 2. The molecule has 2 rings (SSSR count). The summed E-state index contributed by atoms with van der Waals surface area (Å²) >= 11 is 3.34. The van der Waals surface area contributed by atoms with E-state index in [1.807, 2.05) is 12.1 Å². The molecular weight excluding hydrogens is 384 g/mol. The van der Waals surface area contributed by atoms with Crippen molar-refractivity contribution in [2.45, 2.75) is 19.8 Å². The number of unbranched alkanes of at least 4 members (excludes halogenated alkanes) is 1. The summed E-state index contributed by atoms with van der Waals surface area (Å²) in [6.07, 6.45) is 1.93. The number of nitrogens with one attached hydrogen (secondary N) is 2. The Morgan fingerprint density at radius 3 is 2.52 bits per heavy atom. The van der Waals surface area contributed by atoms with Crippen LogP contribution in [-0.4, -0.2) is 25.0 Å². The van der Waals surface area contributed by atoms with Gasteiger partial charge in [-0.15, -0.1) is 0 Å². The number of halogens is 1. The molecule has 0 saturated heterocycles. The molecule has 0 spiro atoms. The lowest BCUT2D eigenvalue weighted by molar-refractivity contribution is -0.118. The molecule has 0 bridgehead atoms. The van der Waals surface area contributed by atoms with Crippen LogP contribution in [0.15, 0.2) is 53.0 Å². The molecule has 2 aromatic carbocycles. The summed E-state index contributed by atoms with van der Waals surface area (Å²) in [6.45, 7) is 2.51. The van der Waals surface area contributed by atoms with Gasteiger partial charge in [0.25, 0.3) is 11.8 Å². The van der Waals surface area contributed by atoms with Crippen molar-refractivity contribution in [3.8, 4) is 5.75 Å². The van der Waals surface area contributed by atoms with E-state index in [0.717, 1.165) is 17.3 Å². The van der Waals surface area contributed by atoms with Crippen molar-refractivity contribution in [2.24, 2.45) is 0 Å². The van der Waals surface area contributed by atoms with Gasteiger partial charge in [-0.1, -0.05) is 41.4 Å². The third-order valence-corrected chi connectivity index (χ3v) is 3.96.